The smallest absolute Gasteiger partial charge is 0.124 e. The number of benzene rings is 2. The van der Waals surface area contributed by atoms with Crippen molar-refractivity contribution in [3.8, 4) is 11.3 Å². The van der Waals surface area contributed by atoms with Crippen molar-refractivity contribution in [1.29, 1.82) is 0 Å². The first-order valence-electron chi connectivity index (χ1n) is 9.70. The Balaban J connectivity index is 1.73. The molecule has 1 atom stereocenters. The summed E-state index contributed by atoms with van der Waals surface area (Å²) in [5.41, 5.74) is 3.41. The van der Waals surface area contributed by atoms with E-state index < -0.39 is 0 Å². The maximum Gasteiger partial charge on any atom is 0.124 e. The fourth-order valence-corrected chi connectivity index (χ4v) is 3.61. The minimum atomic E-state index is 0.227. The van der Waals surface area contributed by atoms with E-state index in [2.05, 4.69) is 82.5 Å². The van der Waals surface area contributed by atoms with Gasteiger partial charge in [0.2, 0.25) is 0 Å². The lowest BCUT2D eigenvalue weighted by Gasteiger charge is -2.17. The number of hydrogen-bond acceptors (Lipinski definition) is 2. The monoisotopic (exact) mass is 425 g/mol. The van der Waals surface area contributed by atoms with Gasteiger partial charge in [0.05, 0.1) is 11.7 Å². The van der Waals surface area contributed by atoms with Crippen molar-refractivity contribution in [2.75, 3.05) is 0 Å². The number of imidazole rings is 1. The molecule has 0 fully saturated rings. The molecule has 0 aliphatic heterocycles. The molecule has 0 spiro atoms. The van der Waals surface area contributed by atoms with E-state index >= 15 is 0 Å². The molecule has 1 unspecified atom stereocenters. The maximum atomic E-state index is 4.89. The van der Waals surface area contributed by atoms with Crippen LogP contribution in [0.5, 0.6) is 0 Å². The van der Waals surface area contributed by atoms with Crippen LogP contribution in [0.1, 0.15) is 50.5 Å². The number of aromatic nitrogens is 2. The van der Waals surface area contributed by atoms with E-state index in [4.69, 9.17) is 4.98 Å². The number of nitrogens with one attached hydrogen (secondary N) is 2. The molecule has 0 bridgehead atoms. The molecule has 1 heterocycles. The van der Waals surface area contributed by atoms with Gasteiger partial charge in [0, 0.05) is 22.8 Å². The molecule has 0 radical (unpaired) electrons. The number of H-pyrrole nitrogens is 1. The van der Waals surface area contributed by atoms with Crippen molar-refractivity contribution in [2.24, 2.45) is 5.92 Å². The van der Waals surface area contributed by atoms with E-state index in [1.165, 1.54) is 18.4 Å². The molecule has 0 aliphatic carbocycles. The second kappa shape index (κ2) is 9.86. The van der Waals surface area contributed by atoms with E-state index in [1.807, 2.05) is 18.3 Å². The van der Waals surface area contributed by atoms with E-state index in [0.717, 1.165) is 40.4 Å². The zero-order valence-electron chi connectivity index (χ0n) is 16.1. The standard InChI is InChI=1S/C23H28BrN3/c1-17(2)8-6-13-21(25-15-18-9-4-3-5-10-18)23-26-16-22(27-23)19-11-7-12-20(24)14-19/h3-5,7,9-12,14,16-17,21,25H,6,8,13,15H2,1-2H3,(H,26,27). The highest BCUT2D eigenvalue weighted by molar-refractivity contribution is 9.10. The van der Waals surface area contributed by atoms with Crippen LogP contribution >= 0.6 is 15.9 Å². The number of rotatable bonds is 9. The topological polar surface area (TPSA) is 40.7 Å². The summed E-state index contributed by atoms with van der Waals surface area (Å²) in [5.74, 6) is 1.75. The first kappa shape index (κ1) is 19.8. The van der Waals surface area contributed by atoms with Crippen molar-refractivity contribution < 1.29 is 0 Å². The Kier molecular flexibility index (Phi) is 7.25. The second-order valence-electron chi connectivity index (χ2n) is 7.43. The number of nitrogens with zero attached hydrogens (tertiary/aromatic N) is 1. The number of aromatic amines is 1. The third-order valence-electron chi connectivity index (χ3n) is 4.72. The quantitative estimate of drug-likeness (QED) is 0.410. The summed E-state index contributed by atoms with van der Waals surface area (Å²) in [6, 6.07) is 19.0. The molecule has 0 aliphatic rings. The highest BCUT2D eigenvalue weighted by Gasteiger charge is 2.16. The minimum absolute atomic E-state index is 0.227. The molecule has 3 aromatic rings. The summed E-state index contributed by atoms with van der Waals surface area (Å²) in [5, 5.41) is 3.70. The van der Waals surface area contributed by atoms with Crippen LogP contribution in [-0.2, 0) is 6.54 Å². The third-order valence-corrected chi connectivity index (χ3v) is 5.21. The number of hydrogen-bond donors (Lipinski definition) is 2. The van der Waals surface area contributed by atoms with Crippen molar-refractivity contribution in [3.63, 3.8) is 0 Å². The molecule has 0 saturated heterocycles. The molecule has 1 aromatic heterocycles. The Hall–Kier alpha value is -1.91. The molecule has 2 aromatic carbocycles. The van der Waals surface area contributed by atoms with Gasteiger partial charge in [-0.1, -0.05) is 85.1 Å². The van der Waals surface area contributed by atoms with E-state index in [9.17, 15) is 0 Å². The molecular weight excluding hydrogens is 398 g/mol. The lowest BCUT2D eigenvalue weighted by molar-refractivity contribution is 0.434. The van der Waals surface area contributed by atoms with Gasteiger partial charge in [0.15, 0.2) is 0 Å². The first-order chi connectivity index (χ1) is 13.1. The van der Waals surface area contributed by atoms with E-state index in [0.29, 0.717) is 0 Å². The van der Waals surface area contributed by atoms with Gasteiger partial charge in [-0.25, -0.2) is 4.98 Å². The van der Waals surface area contributed by atoms with Crippen molar-refractivity contribution >= 4 is 15.9 Å². The average molecular weight is 426 g/mol. The minimum Gasteiger partial charge on any atom is -0.347 e. The molecule has 3 rings (SSSR count). The van der Waals surface area contributed by atoms with Crippen molar-refractivity contribution in [2.45, 2.75) is 45.7 Å². The van der Waals surface area contributed by atoms with E-state index in [1.54, 1.807) is 0 Å². The fraction of sp³-hybridized carbons (Fsp3) is 0.348. The zero-order valence-corrected chi connectivity index (χ0v) is 17.7. The predicted molar refractivity (Wildman–Crippen MR) is 116 cm³/mol. The van der Waals surface area contributed by atoms with Crippen LogP contribution in [0.2, 0.25) is 0 Å². The highest BCUT2D eigenvalue weighted by atomic mass is 79.9. The Morgan fingerprint density at radius 3 is 2.59 bits per heavy atom. The van der Waals surface area contributed by atoms with Crippen LogP contribution in [0.15, 0.2) is 65.3 Å². The summed E-state index contributed by atoms with van der Waals surface area (Å²) >= 11 is 3.54. The highest BCUT2D eigenvalue weighted by Crippen LogP contribution is 2.25. The molecular formula is C23H28BrN3. The van der Waals surface area contributed by atoms with Gasteiger partial charge < -0.3 is 10.3 Å². The van der Waals surface area contributed by atoms with Gasteiger partial charge in [0.25, 0.3) is 0 Å². The molecule has 0 saturated carbocycles. The largest absolute Gasteiger partial charge is 0.347 e. The summed E-state index contributed by atoms with van der Waals surface area (Å²) in [6.45, 7) is 5.41. The number of halogens is 1. The van der Waals surface area contributed by atoms with E-state index in [-0.39, 0.29) is 6.04 Å². The zero-order chi connectivity index (χ0) is 19.1. The van der Waals surface area contributed by atoms with Crippen LogP contribution in [0.4, 0.5) is 0 Å². The van der Waals surface area contributed by atoms with Crippen LogP contribution in [0.25, 0.3) is 11.3 Å². The summed E-state index contributed by atoms with van der Waals surface area (Å²) in [7, 11) is 0. The van der Waals surface area contributed by atoms with Crippen LogP contribution in [-0.4, -0.2) is 9.97 Å². The van der Waals surface area contributed by atoms with Gasteiger partial charge in [-0.3, -0.25) is 0 Å². The van der Waals surface area contributed by atoms with Crippen molar-refractivity contribution in [3.05, 3.63) is 76.7 Å². The van der Waals surface area contributed by atoms with Crippen LogP contribution in [0.3, 0.4) is 0 Å². The normalized spacial score (nSPS) is 12.4. The van der Waals surface area contributed by atoms with Gasteiger partial charge in [-0.05, 0) is 30.0 Å². The van der Waals surface area contributed by atoms with Gasteiger partial charge in [0.1, 0.15) is 5.82 Å². The summed E-state index contributed by atoms with van der Waals surface area (Å²) in [4.78, 5) is 8.30. The van der Waals surface area contributed by atoms with Gasteiger partial charge >= 0.3 is 0 Å². The summed E-state index contributed by atoms with van der Waals surface area (Å²) < 4.78 is 1.07. The Morgan fingerprint density at radius 1 is 1.04 bits per heavy atom. The molecule has 142 valence electrons. The lowest BCUT2D eigenvalue weighted by Crippen LogP contribution is -2.22. The van der Waals surface area contributed by atoms with Crippen LogP contribution in [0, 0.1) is 5.92 Å². The second-order valence-corrected chi connectivity index (χ2v) is 8.34. The molecule has 4 heteroatoms. The predicted octanol–water partition coefficient (Wildman–Crippen LogP) is 6.50. The fourth-order valence-electron chi connectivity index (χ4n) is 3.21. The summed E-state index contributed by atoms with van der Waals surface area (Å²) in [6.07, 6.45) is 5.52. The Morgan fingerprint density at radius 2 is 1.85 bits per heavy atom. The Labute approximate surface area is 170 Å². The van der Waals surface area contributed by atoms with Gasteiger partial charge in [-0.15, -0.1) is 0 Å². The van der Waals surface area contributed by atoms with Gasteiger partial charge in [-0.2, -0.15) is 0 Å². The Bertz CT molecular complexity index is 826. The van der Waals surface area contributed by atoms with Crippen molar-refractivity contribution in [1.82, 2.24) is 15.3 Å². The lowest BCUT2D eigenvalue weighted by atomic mass is 10.0. The molecule has 3 nitrogen and oxygen atoms in total. The first-order valence-corrected chi connectivity index (χ1v) is 10.5. The average Bonchev–Trinajstić information content (AvgIpc) is 3.15. The molecule has 2 N–H and O–H groups in total. The third kappa shape index (κ3) is 6.05. The molecule has 0 amide bonds. The molecule has 27 heavy (non-hydrogen) atoms. The SMILES string of the molecule is CC(C)CCCC(NCc1ccccc1)c1nc(-c2cccc(Br)c2)c[nH]1. The van der Waals surface area contributed by atoms with Crippen LogP contribution < -0.4 is 5.32 Å². The maximum absolute atomic E-state index is 4.89.